The summed E-state index contributed by atoms with van der Waals surface area (Å²) < 4.78 is 3.86. The molecule has 0 unspecified atom stereocenters. The number of thioether (sulfide) groups is 1. The van der Waals surface area contributed by atoms with Crippen molar-refractivity contribution in [2.45, 2.75) is 25.0 Å². The van der Waals surface area contributed by atoms with Gasteiger partial charge in [0.2, 0.25) is 0 Å². The van der Waals surface area contributed by atoms with Gasteiger partial charge in [-0.2, -0.15) is 5.10 Å². The van der Waals surface area contributed by atoms with Crippen molar-refractivity contribution < 1.29 is 9.90 Å². The molecule has 0 fully saturated rings. The van der Waals surface area contributed by atoms with E-state index in [-0.39, 0.29) is 5.75 Å². The number of aryl methyl sites for hydroxylation is 2. The standard InChI is InChI=1S/C12H16N4O2S/c1-3-9-6-13-12(19-8-11(17)18)16(9)7-10-4-5-14-15(10)2/h4-6H,3,7-8H2,1-2H3,(H,17,18). The van der Waals surface area contributed by atoms with E-state index in [2.05, 4.69) is 17.0 Å². The van der Waals surface area contributed by atoms with Crippen LogP contribution in [-0.4, -0.2) is 36.2 Å². The van der Waals surface area contributed by atoms with E-state index in [1.807, 2.05) is 22.4 Å². The molecule has 2 heterocycles. The molecule has 0 aliphatic rings. The molecule has 2 rings (SSSR count). The molecule has 2 aromatic heterocycles. The number of imidazole rings is 1. The molecule has 2 aromatic rings. The van der Waals surface area contributed by atoms with E-state index < -0.39 is 5.97 Å². The Balaban J connectivity index is 2.23. The van der Waals surface area contributed by atoms with E-state index in [0.29, 0.717) is 6.54 Å². The maximum Gasteiger partial charge on any atom is 0.313 e. The number of carbonyl (C=O) groups is 1. The Bertz CT molecular complexity index is 576. The lowest BCUT2D eigenvalue weighted by molar-refractivity contribution is -0.133. The van der Waals surface area contributed by atoms with Gasteiger partial charge in [0.15, 0.2) is 5.16 Å². The van der Waals surface area contributed by atoms with Crippen LogP contribution in [0.1, 0.15) is 18.3 Å². The second kappa shape index (κ2) is 5.92. The summed E-state index contributed by atoms with van der Waals surface area (Å²) in [4.78, 5) is 15.0. The Morgan fingerprint density at radius 2 is 2.26 bits per heavy atom. The van der Waals surface area contributed by atoms with Gasteiger partial charge >= 0.3 is 5.97 Å². The fourth-order valence-electron chi connectivity index (χ4n) is 1.80. The number of aromatic nitrogens is 4. The van der Waals surface area contributed by atoms with Crippen molar-refractivity contribution >= 4 is 17.7 Å². The van der Waals surface area contributed by atoms with Gasteiger partial charge in [-0.1, -0.05) is 18.7 Å². The molecule has 0 amide bonds. The number of aliphatic carboxylic acids is 1. The molecule has 0 atom stereocenters. The molecule has 0 saturated heterocycles. The minimum Gasteiger partial charge on any atom is -0.481 e. The molecule has 1 N–H and O–H groups in total. The normalized spacial score (nSPS) is 10.8. The van der Waals surface area contributed by atoms with Gasteiger partial charge in [-0.05, 0) is 12.5 Å². The summed E-state index contributed by atoms with van der Waals surface area (Å²) in [5.41, 5.74) is 2.15. The number of carboxylic acid groups (broad SMARTS) is 1. The van der Waals surface area contributed by atoms with Crippen molar-refractivity contribution in [3.8, 4) is 0 Å². The first-order valence-electron chi connectivity index (χ1n) is 5.97. The molecule has 102 valence electrons. The van der Waals surface area contributed by atoms with Crippen LogP contribution in [0.3, 0.4) is 0 Å². The Labute approximate surface area is 115 Å². The third-order valence-corrected chi connectivity index (χ3v) is 3.81. The van der Waals surface area contributed by atoms with E-state index in [4.69, 9.17) is 5.11 Å². The van der Waals surface area contributed by atoms with Crippen molar-refractivity contribution in [2.24, 2.45) is 7.05 Å². The first-order valence-corrected chi connectivity index (χ1v) is 6.96. The van der Waals surface area contributed by atoms with Crippen LogP contribution in [-0.2, 0) is 24.8 Å². The van der Waals surface area contributed by atoms with Gasteiger partial charge < -0.3 is 9.67 Å². The van der Waals surface area contributed by atoms with Crippen LogP contribution in [0.15, 0.2) is 23.6 Å². The summed E-state index contributed by atoms with van der Waals surface area (Å²) in [5.74, 6) is -0.816. The van der Waals surface area contributed by atoms with E-state index in [1.165, 1.54) is 11.8 Å². The molecule has 0 bridgehead atoms. The largest absolute Gasteiger partial charge is 0.481 e. The second-order valence-electron chi connectivity index (χ2n) is 4.10. The van der Waals surface area contributed by atoms with Crippen LogP contribution in [0.2, 0.25) is 0 Å². The lowest BCUT2D eigenvalue weighted by Crippen LogP contribution is -2.10. The molecule has 0 radical (unpaired) electrons. The van der Waals surface area contributed by atoms with Crippen molar-refractivity contribution in [2.75, 3.05) is 5.75 Å². The molecule has 0 aliphatic heterocycles. The van der Waals surface area contributed by atoms with Crippen molar-refractivity contribution in [1.29, 1.82) is 0 Å². The summed E-state index contributed by atoms with van der Waals surface area (Å²) in [7, 11) is 1.89. The maximum atomic E-state index is 10.7. The summed E-state index contributed by atoms with van der Waals surface area (Å²) in [5, 5.41) is 13.6. The topological polar surface area (TPSA) is 72.9 Å². The monoisotopic (exact) mass is 280 g/mol. The minimum absolute atomic E-state index is 0.0194. The molecule has 6 nitrogen and oxygen atoms in total. The fraction of sp³-hybridized carbons (Fsp3) is 0.417. The predicted molar refractivity (Wildman–Crippen MR) is 72.3 cm³/mol. The van der Waals surface area contributed by atoms with Gasteiger partial charge in [-0.15, -0.1) is 0 Å². The zero-order valence-corrected chi connectivity index (χ0v) is 11.7. The first-order chi connectivity index (χ1) is 9.11. The summed E-state index contributed by atoms with van der Waals surface area (Å²) in [6, 6.07) is 1.95. The third kappa shape index (κ3) is 3.17. The number of hydrogen-bond acceptors (Lipinski definition) is 4. The van der Waals surface area contributed by atoms with Crippen LogP contribution in [0, 0.1) is 0 Å². The number of nitrogens with zero attached hydrogens (tertiary/aromatic N) is 4. The second-order valence-corrected chi connectivity index (χ2v) is 5.04. The lowest BCUT2D eigenvalue weighted by Gasteiger charge is -2.10. The number of hydrogen-bond donors (Lipinski definition) is 1. The summed E-state index contributed by atoms with van der Waals surface area (Å²) in [6.07, 6.45) is 4.42. The highest BCUT2D eigenvalue weighted by molar-refractivity contribution is 7.99. The van der Waals surface area contributed by atoms with E-state index in [0.717, 1.165) is 23.0 Å². The maximum absolute atomic E-state index is 10.7. The van der Waals surface area contributed by atoms with Crippen LogP contribution < -0.4 is 0 Å². The zero-order valence-electron chi connectivity index (χ0n) is 10.9. The molecule has 0 spiro atoms. The molecule has 7 heteroatoms. The Kier molecular flexibility index (Phi) is 4.26. The van der Waals surface area contributed by atoms with Crippen LogP contribution in [0.4, 0.5) is 0 Å². The van der Waals surface area contributed by atoms with Gasteiger partial charge in [0.1, 0.15) is 0 Å². The minimum atomic E-state index is -0.835. The number of carboxylic acids is 1. The number of rotatable bonds is 6. The Morgan fingerprint density at radius 3 is 2.84 bits per heavy atom. The zero-order chi connectivity index (χ0) is 13.8. The van der Waals surface area contributed by atoms with Crippen LogP contribution >= 0.6 is 11.8 Å². The Morgan fingerprint density at radius 1 is 1.47 bits per heavy atom. The SMILES string of the molecule is CCc1cnc(SCC(=O)O)n1Cc1ccnn1C. The molecule has 0 aliphatic carbocycles. The highest BCUT2D eigenvalue weighted by Crippen LogP contribution is 2.20. The van der Waals surface area contributed by atoms with Gasteiger partial charge in [-0.25, -0.2) is 4.98 Å². The average molecular weight is 280 g/mol. The predicted octanol–water partition coefficient (Wildman–Crippen LogP) is 1.40. The van der Waals surface area contributed by atoms with Crippen LogP contribution in [0.25, 0.3) is 0 Å². The fourth-order valence-corrected chi connectivity index (χ4v) is 2.52. The molecule has 0 aromatic carbocycles. The van der Waals surface area contributed by atoms with Gasteiger partial charge in [-0.3, -0.25) is 9.48 Å². The molecule has 0 saturated carbocycles. The highest BCUT2D eigenvalue weighted by Gasteiger charge is 2.12. The van der Waals surface area contributed by atoms with Crippen LogP contribution in [0.5, 0.6) is 0 Å². The molecule has 19 heavy (non-hydrogen) atoms. The van der Waals surface area contributed by atoms with E-state index in [1.54, 1.807) is 12.4 Å². The smallest absolute Gasteiger partial charge is 0.313 e. The van der Waals surface area contributed by atoms with Crippen molar-refractivity contribution in [3.63, 3.8) is 0 Å². The van der Waals surface area contributed by atoms with Gasteiger partial charge in [0.25, 0.3) is 0 Å². The van der Waals surface area contributed by atoms with E-state index in [9.17, 15) is 4.79 Å². The average Bonchev–Trinajstić information content (AvgIpc) is 2.95. The summed E-state index contributed by atoms with van der Waals surface area (Å²) in [6.45, 7) is 2.71. The third-order valence-electron chi connectivity index (χ3n) is 2.83. The van der Waals surface area contributed by atoms with Gasteiger partial charge in [0.05, 0.1) is 18.0 Å². The Hall–Kier alpha value is -1.76. The molecular weight excluding hydrogens is 264 g/mol. The van der Waals surface area contributed by atoms with Crippen molar-refractivity contribution in [1.82, 2.24) is 19.3 Å². The molecular formula is C12H16N4O2S. The first kappa shape index (κ1) is 13.7. The van der Waals surface area contributed by atoms with Gasteiger partial charge in [0, 0.05) is 25.1 Å². The quantitative estimate of drug-likeness (QED) is 0.810. The summed E-state index contributed by atoms with van der Waals surface area (Å²) >= 11 is 1.24. The van der Waals surface area contributed by atoms with Crippen molar-refractivity contribution in [3.05, 3.63) is 29.8 Å². The highest BCUT2D eigenvalue weighted by atomic mass is 32.2. The lowest BCUT2D eigenvalue weighted by atomic mass is 10.3. The van der Waals surface area contributed by atoms with E-state index >= 15 is 0 Å².